The third kappa shape index (κ3) is 1.87. The van der Waals surface area contributed by atoms with Gasteiger partial charge in [0.15, 0.2) is 0 Å². The van der Waals surface area contributed by atoms with E-state index < -0.39 is 0 Å². The molecule has 1 aromatic rings. The van der Waals surface area contributed by atoms with Gasteiger partial charge < -0.3 is 10.6 Å². The van der Waals surface area contributed by atoms with Gasteiger partial charge in [-0.1, -0.05) is 24.6 Å². The zero-order valence-electron chi connectivity index (χ0n) is 10.0. The number of allylic oxidation sites excluding steroid dienone is 1. The number of nitrogens with zero attached hydrogens (tertiary/aromatic N) is 2. The Morgan fingerprint density at radius 2 is 2.24 bits per heavy atom. The zero-order chi connectivity index (χ0) is 11.8. The van der Waals surface area contributed by atoms with E-state index in [9.17, 15) is 0 Å². The second kappa shape index (κ2) is 4.38. The van der Waals surface area contributed by atoms with Crippen LogP contribution in [0, 0.1) is 0 Å². The van der Waals surface area contributed by atoms with Gasteiger partial charge in [0.25, 0.3) is 0 Å². The summed E-state index contributed by atoms with van der Waals surface area (Å²) >= 11 is 1.76. The molecule has 0 saturated heterocycles. The molecule has 2 heterocycles. The van der Waals surface area contributed by atoms with Crippen molar-refractivity contribution < 1.29 is 0 Å². The lowest BCUT2D eigenvalue weighted by molar-refractivity contribution is 0.288. The maximum atomic E-state index is 6.26. The van der Waals surface area contributed by atoms with Crippen molar-refractivity contribution in [1.82, 2.24) is 15.1 Å². The third-order valence-electron chi connectivity index (χ3n) is 3.65. The molecule has 92 valence electrons. The number of nitrogens with two attached hydrogens (primary N) is 1. The Balaban J connectivity index is 1.95. The van der Waals surface area contributed by atoms with Crippen molar-refractivity contribution in [3.05, 3.63) is 22.9 Å². The van der Waals surface area contributed by atoms with Gasteiger partial charge in [-0.15, -0.1) is 0 Å². The Morgan fingerprint density at radius 3 is 2.88 bits per heavy atom. The minimum atomic E-state index is 0.0722. The van der Waals surface area contributed by atoms with E-state index in [4.69, 9.17) is 5.73 Å². The summed E-state index contributed by atoms with van der Waals surface area (Å²) in [5, 5.41) is 6.94. The average molecular weight is 250 g/mol. The number of rotatable bonds is 2. The lowest BCUT2D eigenvalue weighted by Gasteiger charge is -2.32. The molecule has 1 aliphatic heterocycles. The average Bonchev–Trinajstić information content (AvgIpc) is 2.98. The van der Waals surface area contributed by atoms with Crippen LogP contribution in [0.3, 0.4) is 0 Å². The molecule has 0 radical (unpaired) electrons. The number of aromatic amines is 1. The molecule has 2 aliphatic rings. The Labute approximate surface area is 106 Å². The van der Waals surface area contributed by atoms with Crippen LogP contribution in [0.5, 0.6) is 0 Å². The molecule has 17 heavy (non-hydrogen) atoms. The fourth-order valence-corrected chi connectivity index (χ4v) is 4.00. The van der Waals surface area contributed by atoms with Gasteiger partial charge in [0.1, 0.15) is 5.50 Å². The van der Waals surface area contributed by atoms with E-state index in [1.165, 1.54) is 36.3 Å². The highest BCUT2D eigenvalue weighted by Crippen LogP contribution is 2.44. The molecule has 1 fully saturated rings. The first-order valence-electron chi connectivity index (χ1n) is 6.18. The first-order chi connectivity index (χ1) is 8.27. The Kier molecular flexibility index (Phi) is 2.88. The van der Waals surface area contributed by atoms with Crippen molar-refractivity contribution in [3.63, 3.8) is 0 Å². The number of hydrogen-bond donors (Lipinski definition) is 2. The quantitative estimate of drug-likeness (QED) is 0.846. The van der Waals surface area contributed by atoms with Gasteiger partial charge in [-0.25, -0.2) is 0 Å². The lowest BCUT2D eigenvalue weighted by atomic mass is 10.1. The molecule has 0 spiro atoms. The van der Waals surface area contributed by atoms with Crippen molar-refractivity contribution in [1.29, 1.82) is 0 Å². The summed E-state index contributed by atoms with van der Waals surface area (Å²) in [5.74, 6) is 0. The number of hydrogen-bond acceptors (Lipinski definition) is 4. The van der Waals surface area contributed by atoms with Gasteiger partial charge in [-0.3, -0.25) is 5.10 Å². The van der Waals surface area contributed by atoms with Crippen LogP contribution in [-0.4, -0.2) is 26.6 Å². The minimum absolute atomic E-state index is 0.0722. The Hall–Kier alpha value is -0.940. The predicted octanol–water partition coefficient (Wildman–Crippen LogP) is 2.33. The first-order valence-corrected chi connectivity index (χ1v) is 7.06. The molecule has 0 bridgehead atoms. The van der Waals surface area contributed by atoms with Crippen LogP contribution in [0.15, 0.2) is 17.3 Å². The molecule has 3 N–H and O–H groups in total. The molecule has 0 aromatic carbocycles. The van der Waals surface area contributed by atoms with E-state index in [0.717, 1.165) is 5.56 Å². The standard InChI is InChI=1S/C12H18N4S/c1-8-11(9-6-14-15-7-9)16(12(13)17-8)10-4-2-3-5-10/h6-7,10,12H,2-5,13H2,1H3,(H,14,15). The molecule has 0 amide bonds. The monoisotopic (exact) mass is 250 g/mol. The van der Waals surface area contributed by atoms with Gasteiger partial charge in [-0.05, 0) is 19.8 Å². The van der Waals surface area contributed by atoms with E-state index in [0.29, 0.717) is 6.04 Å². The summed E-state index contributed by atoms with van der Waals surface area (Å²) in [7, 11) is 0. The van der Waals surface area contributed by atoms with Crippen LogP contribution in [-0.2, 0) is 0 Å². The van der Waals surface area contributed by atoms with Crippen molar-refractivity contribution in [2.24, 2.45) is 5.73 Å². The van der Waals surface area contributed by atoms with Gasteiger partial charge in [0.05, 0.1) is 11.9 Å². The Morgan fingerprint density at radius 1 is 1.47 bits per heavy atom. The molecule has 5 heteroatoms. The number of aromatic nitrogens is 2. The molecule has 4 nitrogen and oxygen atoms in total. The van der Waals surface area contributed by atoms with Gasteiger partial charge in [0, 0.05) is 22.7 Å². The summed E-state index contributed by atoms with van der Waals surface area (Å²) in [5.41, 5.74) is 8.78. The lowest BCUT2D eigenvalue weighted by Crippen LogP contribution is -2.41. The maximum Gasteiger partial charge on any atom is 0.130 e. The highest BCUT2D eigenvalue weighted by atomic mass is 32.2. The molecule has 1 unspecified atom stereocenters. The minimum Gasteiger partial charge on any atom is -0.343 e. The van der Waals surface area contributed by atoms with Gasteiger partial charge in [0.2, 0.25) is 0 Å². The van der Waals surface area contributed by atoms with E-state index >= 15 is 0 Å². The van der Waals surface area contributed by atoms with Crippen LogP contribution in [0.25, 0.3) is 5.70 Å². The SMILES string of the molecule is CC1=C(c2cn[nH]c2)N(C2CCCC2)C(N)S1. The smallest absolute Gasteiger partial charge is 0.130 e. The molecule has 1 saturated carbocycles. The molecular formula is C12H18N4S. The molecule has 1 atom stereocenters. The largest absolute Gasteiger partial charge is 0.343 e. The highest BCUT2D eigenvalue weighted by Gasteiger charge is 2.35. The normalized spacial score (nSPS) is 26.2. The summed E-state index contributed by atoms with van der Waals surface area (Å²) in [6.45, 7) is 2.15. The topological polar surface area (TPSA) is 57.9 Å². The van der Waals surface area contributed by atoms with Crippen molar-refractivity contribution in [2.45, 2.75) is 44.1 Å². The van der Waals surface area contributed by atoms with Crippen molar-refractivity contribution in [2.75, 3.05) is 0 Å². The first kappa shape index (κ1) is 11.2. The van der Waals surface area contributed by atoms with Crippen LogP contribution in [0.2, 0.25) is 0 Å². The summed E-state index contributed by atoms with van der Waals surface area (Å²) in [4.78, 5) is 3.71. The second-order valence-corrected chi connectivity index (χ2v) is 6.08. The van der Waals surface area contributed by atoms with Gasteiger partial charge in [-0.2, -0.15) is 5.10 Å². The predicted molar refractivity (Wildman–Crippen MR) is 70.8 cm³/mol. The van der Waals surface area contributed by atoms with Crippen molar-refractivity contribution >= 4 is 17.5 Å². The highest BCUT2D eigenvalue weighted by molar-refractivity contribution is 8.04. The maximum absolute atomic E-state index is 6.26. The van der Waals surface area contributed by atoms with Gasteiger partial charge >= 0.3 is 0 Å². The zero-order valence-corrected chi connectivity index (χ0v) is 10.8. The fraction of sp³-hybridized carbons (Fsp3) is 0.583. The summed E-state index contributed by atoms with van der Waals surface area (Å²) in [6.07, 6.45) is 9.04. The fourth-order valence-electron chi connectivity index (χ4n) is 2.91. The van der Waals surface area contributed by atoms with E-state index in [-0.39, 0.29) is 5.50 Å². The van der Waals surface area contributed by atoms with E-state index in [1.807, 2.05) is 12.4 Å². The second-order valence-electron chi connectivity index (χ2n) is 4.75. The van der Waals surface area contributed by atoms with Crippen LogP contribution in [0.4, 0.5) is 0 Å². The number of nitrogens with one attached hydrogen (secondary N) is 1. The van der Waals surface area contributed by atoms with Crippen LogP contribution in [0.1, 0.15) is 38.2 Å². The van der Waals surface area contributed by atoms with Crippen LogP contribution >= 0.6 is 11.8 Å². The summed E-state index contributed by atoms with van der Waals surface area (Å²) in [6, 6.07) is 0.611. The molecule has 1 aliphatic carbocycles. The van der Waals surface area contributed by atoms with Crippen molar-refractivity contribution in [3.8, 4) is 0 Å². The third-order valence-corrected chi connectivity index (χ3v) is 4.67. The molecule has 1 aromatic heterocycles. The van der Waals surface area contributed by atoms with Crippen LogP contribution < -0.4 is 5.73 Å². The van der Waals surface area contributed by atoms with E-state index in [2.05, 4.69) is 22.0 Å². The summed E-state index contributed by atoms with van der Waals surface area (Å²) < 4.78 is 0. The molecule has 3 rings (SSSR count). The number of H-pyrrole nitrogens is 1. The Bertz CT molecular complexity index is 420. The number of thioether (sulfide) groups is 1. The molecular weight excluding hydrogens is 232 g/mol. The van der Waals surface area contributed by atoms with E-state index in [1.54, 1.807) is 11.8 Å².